The van der Waals surface area contributed by atoms with Gasteiger partial charge in [-0.1, -0.05) is 17.7 Å². The first-order valence-electron chi connectivity index (χ1n) is 8.05. The third kappa shape index (κ3) is 3.42. The van der Waals surface area contributed by atoms with E-state index in [0.717, 1.165) is 35.1 Å². The molecule has 1 N–H and O–H groups in total. The molecule has 24 heavy (non-hydrogen) atoms. The molecule has 0 saturated heterocycles. The molecule has 0 radical (unpaired) electrons. The zero-order valence-corrected chi connectivity index (χ0v) is 14.2. The number of hydrogen-bond donors (Lipinski definition) is 1. The van der Waals surface area contributed by atoms with Crippen LogP contribution < -0.4 is 5.32 Å². The molecule has 124 valence electrons. The van der Waals surface area contributed by atoms with Crippen molar-refractivity contribution < 1.29 is 4.79 Å². The van der Waals surface area contributed by atoms with E-state index in [1.807, 2.05) is 39.1 Å². The van der Waals surface area contributed by atoms with Gasteiger partial charge in [0.05, 0.1) is 0 Å². The van der Waals surface area contributed by atoms with Crippen molar-refractivity contribution in [2.45, 2.75) is 33.6 Å². The molecule has 0 aliphatic heterocycles. The van der Waals surface area contributed by atoms with Gasteiger partial charge >= 0.3 is 0 Å². The first-order chi connectivity index (χ1) is 11.5. The van der Waals surface area contributed by atoms with Gasteiger partial charge in [-0.2, -0.15) is 10.1 Å². The number of rotatable bonds is 5. The van der Waals surface area contributed by atoms with Gasteiger partial charge in [-0.15, -0.1) is 0 Å². The lowest BCUT2D eigenvalue weighted by Crippen LogP contribution is -2.26. The van der Waals surface area contributed by atoms with Crippen LogP contribution in [0.5, 0.6) is 0 Å². The van der Waals surface area contributed by atoms with Gasteiger partial charge in [0, 0.05) is 24.5 Å². The van der Waals surface area contributed by atoms with E-state index < -0.39 is 0 Å². The Morgan fingerprint density at radius 1 is 1.17 bits per heavy atom. The monoisotopic (exact) mass is 323 g/mol. The quantitative estimate of drug-likeness (QED) is 0.732. The van der Waals surface area contributed by atoms with Crippen molar-refractivity contribution in [1.82, 2.24) is 24.9 Å². The first-order valence-corrected chi connectivity index (χ1v) is 8.05. The topological polar surface area (TPSA) is 72.2 Å². The molecule has 0 aliphatic rings. The minimum atomic E-state index is -0.00477. The molecule has 1 aromatic carbocycles. The van der Waals surface area contributed by atoms with E-state index >= 15 is 0 Å². The highest BCUT2D eigenvalue weighted by molar-refractivity contribution is 5.97. The third-order valence-corrected chi connectivity index (χ3v) is 4.02. The zero-order chi connectivity index (χ0) is 17.1. The fraction of sp³-hybridized carbons (Fsp3) is 0.333. The molecule has 6 nitrogen and oxygen atoms in total. The van der Waals surface area contributed by atoms with Crippen molar-refractivity contribution >= 4 is 11.7 Å². The lowest BCUT2D eigenvalue weighted by atomic mass is 9.99. The highest BCUT2D eigenvalue weighted by Crippen LogP contribution is 2.16. The van der Waals surface area contributed by atoms with Crippen LogP contribution in [0.3, 0.4) is 0 Å². The maximum atomic E-state index is 12.4. The summed E-state index contributed by atoms with van der Waals surface area (Å²) in [6.07, 6.45) is 6.89. The normalized spacial score (nSPS) is 11.0. The molecule has 0 bridgehead atoms. The van der Waals surface area contributed by atoms with E-state index in [2.05, 4.69) is 20.4 Å². The van der Waals surface area contributed by atoms with Crippen LogP contribution in [0.1, 0.15) is 39.0 Å². The SMILES string of the molecule is Cc1cc(C)c(C(=O)NCCCc2cnc3ncnn3c2)c(C)c1. The average molecular weight is 323 g/mol. The van der Waals surface area contributed by atoms with Crippen LogP contribution in [0.4, 0.5) is 0 Å². The summed E-state index contributed by atoms with van der Waals surface area (Å²) in [7, 11) is 0. The summed E-state index contributed by atoms with van der Waals surface area (Å²) in [6.45, 7) is 6.63. The number of aromatic nitrogens is 4. The van der Waals surface area contributed by atoms with Crippen molar-refractivity contribution in [2.75, 3.05) is 6.54 Å². The Kier molecular flexibility index (Phi) is 4.55. The van der Waals surface area contributed by atoms with E-state index in [1.54, 1.807) is 10.7 Å². The summed E-state index contributed by atoms with van der Waals surface area (Å²) in [5, 5.41) is 7.08. The Bertz CT molecular complexity index is 861. The molecule has 3 aromatic rings. The fourth-order valence-corrected chi connectivity index (χ4v) is 3.01. The van der Waals surface area contributed by atoms with Gasteiger partial charge in [0.25, 0.3) is 11.7 Å². The molecule has 0 unspecified atom stereocenters. The minimum Gasteiger partial charge on any atom is -0.352 e. The summed E-state index contributed by atoms with van der Waals surface area (Å²) in [6, 6.07) is 4.09. The molecule has 0 fully saturated rings. The van der Waals surface area contributed by atoms with E-state index in [1.165, 1.54) is 11.9 Å². The summed E-state index contributed by atoms with van der Waals surface area (Å²) < 4.78 is 1.66. The number of amides is 1. The average Bonchev–Trinajstić information content (AvgIpc) is 2.98. The maximum absolute atomic E-state index is 12.4. The Hall–Kier alpha value is -2.76. The smallest absolute Gasteiger partial charge is 0.252 e. The molecule has 6 heteroatoms. The highest BCUT2D eigenvalue weighted by atomic mass is 16.1. The molecular formula is C18H21N5O. The number of carbonyl (C=O) groups is 1. The van der Waals surface area contributed by atoms with Crippen LogP contribution in [0.15, 0.2) is 30.9 Å². The van der Waals surface area contributed by atoms with Gasteiger partial charge in [-0.25, -0.2) is 9.50 Å². The summed E-state index contributed by atoms with van der Waals surface area (Å²) >= 11 is 0. The summed E-state index contributed by atoms with van der Waals surface area (Å²) in [4.78, 5) is 20.7. The van der Waals surface area contributed by atoms with Crippen molar-refractivity contribution in [3.63, 3.8) is 0 Å². The molecule has 0 spiro atoms. The van der Waals surface area contributed by atoms with Crippen molar-refractivity contribution in [2.24, 2.45) is 0 Å². The van der Waals surface area contributed by atoms with Gasteiger partial charge in [-0.05, 0) is 50.3 Å². The first kappa shape index (κ1) is 16.1. The van der Waals surface area contributed by atoms with Crippen LogP contribution in [0, 0.1) is 20.8 Å². The Labute approximate surface area is 141 Å². The van der Waals surface area contributed by atoms with E-state index in [-0.39, 0.29) is 5.91 Å². The lowest BCUT2D eigenvalue weighted by Gasteiger charge is -2.11. The second-order valence-electron chi connectivity index (χ2n) is 6.10. The van der Waals surface area contributed by atoms with E-state index in [4.69, 9.17) is 0 Å². The van der Waals surface area contributed by atoms with E-state index in [9.17, 15) is 4.79 Å². The number of carbonyl (C=O) groups excluding carboxylic acids is 1. The number of nitrogens with one attached hydrogen (secondary N) is 1. The van der Waals surface area contributed by atoms with Crippen molar-refractivity contribution in [3.05, 3.63) is 58.7 Å². The largest absolute Gasteiger partial charge is 0.352 e. The molecular weight excluding hydrogens is 302 g/mol. The zero-order valence-electron chi connectivity index (χ0n) is 14.2. The van der Waals surface area contributed by atoms with Crippen LogP contribution in [0.2, 0.25) is 0 Å². The number of hydrogen-bond acceptors (Lipinski definition) is 4. The molecule has 1 amide bonds. The van der Waals surface area contributed by atoms with Crippen molar-refractivity contribution in [3.8, 4) is 0 Å². The second-order valence-corrected chi connectivity index (χ2v) is 6.10. The fourth-order valence-electron chi connectivity index (χ4n) is 3.01. The molecule has 0 atom stereocenters. The van der Waals surface area contributed by atoms with Crippen LogP contribution >= 0.6 is 0 Å². The summed E-state index contributed by atoms with van der Waals surface area (Å²) in [5.74, 6) is 0.590. The lowest BCUT2D eigenvalue weighted by molar-refractivity contribution is 0.0952. The van der Waals surface area contributed by atoms with E-state index in [0.29, 0.717) is 12.3 Å². The number of benzene rings is 1. The minimum absolute atomic E-state index is 0.00477. The molecule has 0 saturated carbocycles. The Balaban J connectivity index is 1.55. The molecule has 3 rings (SSSR count). The number of fused-ring (bicyclic) bond motifs is 1. The van der Waals surface area contributed by atoms with Crippen LogP contribution in [-0.2, 0) is 6.42 Å². The number of nitrogens with zero attached hydrogens (tertiary/aromatic N) is 4. The molecule has 0 aliphatic carbocycles. The third-order valence-electron chi connectivity index (χ3n) is 4.02. The standard InChI is InChI=1S/C18H21N5O/c1-12-7-13(2)16(14(3)8-12)17(24)19-6-4-5-15-9-20-18-21-11-22-23(18)10-15/h7-11H,4-6H2,1-3H3,(H,19,24). The van der Waals surface area contributed by atoms with Gasteiger partial charge < -0.3 is 5.32 Å². The van der Waals surface area contributed by atoms with Crippen LogP contribution in [-0.4, -0.2) is 32.0 Å². The summed E-state index contributed by atoms with van der Waals surface area (Å²) in [5.41, 5.74) is 5.07. The van der Waals surface area contributed by atoms with Gasteiger partial charge in [0.1, 0.15) is 6.33 Å². The van der Waals surface area contributed by atoms with Crippen LogP contribution in [0.25, 0.3) is 5.78 Å². The predicted molar refractivity (Wildman–Crippen MR) is 92.1 cm³/mol. The second kappa shape index (κ2) is 6.78. The number of aryl methyl sites for hydroxylation is 4. The molecule has 2 heterocycles. The van der Waals surface area contributed by atoms with Gasteiger partial charge in [0.2, 0.25) is 0 Å². The molecule has 2 aromatic heterocycles. The van der Waals surface area contributed by atoms with Crippen molar-refractivity contribution in [1.29, 1.82) is 0 Å². The highest BCUT2D eigenvalue weighted by Gasteiger charge is 2.12. The Morgan fingerprint density at radius 2 is 1.92 bits per heavy atom. The van der Waals surface area contributed by atoms with Gasteiger partial charge in [0.15, 0.2) is 0 Å². The van der Waals surface area contributed by atoms with Gasteiger partial charge in [-0.3, -0.25) is 4.79 Å². The maximum Gasteiger partial charge on any atom is 0.252 e. The predicted octanol–water partition coefficient (Wildman–Crippen LogP) is 2.41. The Morgan fingerprint density at radius 3 is 2.67 bits per heavy atom.